The Hall–Kier alpha value is -1.31. The van der Waals surface area contributed by atoms with Gasteiger partial charge in [0.05, 0.1) is 0 Å². The summed E-state index contributed by atoms with van der Waals surface area (Å²) in [5.41, 5.74) is 1.74. The Morgan fingerprint density at radius 3 is 2.73 bits per heavy atom. The molecule has 57 valence electrons. The van der Waals surface area contributed by atoms with Gasteiger partial charge in [-0.05, 0) is 19.1 Å². The molecule has 1 aromatic carbocycles. The molecule has 0 saturated heterocycles. The molecule has 1 amide bonds. The number of carbonyl (C=O) groups excluding carboxylic acids is 1. The topological polar surface area (TPSA) is 31.2 Å². The van der Waals surface area contributed by atoms with Gasteiger partial charge < -0.3 is 0 Å². The van der Waals surface area contributed by atoms with Gasteiger partial charge in [0, 0.05) is 12.6 Å². The fourth-order valence-electron chi connectivity index (χ4n) is 0.907. The summed E-state index contributed by atoms with van der Waals surface area (Å²) in [4.78, 5) is 11.0. The summed E-state index contributed by atoms with van der Waals surface area (Å²) in [5.74, 6) is -0.159. The molecule has 0 bridgehead atoms. The third kappa shape index (κ3) is 1.80. The summed E-state index contributed by atoms with van der Waals surface area (Å²) >= 11 is 0. The van der Waals surface area contributed by atoms with Gasteiger partial charge in [0.15, 0.2) is 0 Å². The number of aryl methyl sites for hydroxylation is 1. The second-order valence-corrected chi connectivity index (χ2v) is 2.40. The van der Waals surface area contributed by atoms with Gasteiger partial charge in [-0.3, -0.25) is 10.1 Å². The van der Waals surface area contributed by atoms with Gasteiger partial charge in [-0.15, -0.1) is 0 Å². The molecule has 0 heterocycles. The molecule has 0 aliphatic carbocycles. The quantitative estimate of drug-likeness (QED) is 0.591. The maximum atomic E-state index is 11.0. The van der Waals surface area contributed by atoms with Crippen molar-refractivity contribution in [2.24, 2.45) is 0 Å². The first-order valence-electron chi connectivity index (χ1n) is 3.45. The summed E-state index contributed by atoms with van der Waals surface area (Å²) in [5, 5.41) is 3.56. The first kappa shape index (κ1) is 7.79. The minimum Gasteiger partial charge on any atom is -0.267 e. The third-order valence-electron chi connectivity index (χ3n) is 1.47. The zero-order valence-electron chi connectivity index (χ0n) is 6.66. The van der Waals surface area contributed by atoms with Crippen LogP contribution in [-0.4, -0.2) is 13.0 Å². The highest BCUT2D eigenvalue weighted by molar-refractivity contribution is 5.93. The number of nitrogens with zero attached hydrogens (tertiary/aromatic N) is 1. The van der Waals surface area contributed by atoms with Crippen molar-refractivity contribution in [3.8, 4) is 0 Å². The Balaban J connectivity index is 2.96. The molecule has 2 heteroatoms. The maximum absolute atomic E-state index is 11.0. The number of hydrogen-bond acceptors (Lipinski definition) is 1. The molecule has 1 radical (unpaired) electrons. The van der Waals surface area contributed by atoms with Crippen molar-refractivity contribution in [1.29, 1.82) is 0 Å². The van der Waals surface area contributed by atoms with Crippen molar-refractivity contribution >= 4 is 5.91 Å². The Labute approximate surface area is 66.2 Å². The number of rotatable bonds is 1. The third-order valence-corrected chi connectivity index (χ3v) is 1.47. The van der Waals surface area contributed by atoms with E-state index < -0.39 is 0 Å². The molecule has 11 heavy (non-hydrogen) atoms. The fourth-order valence-corrected chi connectivity index (χ4v) is 0.907. The van der Waals surface area contributed by atoms with Crippen molar-refractivity contribution < 1.29 is 4.79 Å². The Bertz CT molecular complexity index is 268. The van der Waals surface area contributed by atoms with Crippen LogP contribution in [-0.2, 0) is 0 Å². The van der Waals surface area contributed by atoms with Gasteiger partial charge in [-0.2, -0.15) is 0 Å². The van der Waals surface area contributed by atoms with E-state index in [4.69, 9.17) is 0 Å². The van der Waals surface area contributed by atoms with Gasteiger partial charge >= 0.3 is 0 Å². The van der Waals surface area contributed by atoms with E-state index in [9.17, 15) is 4.79 Å². The molecule has 1 aromatic rings. The Kier molecular flexibility index (Phi) is 2.26. The van der Waals surface area contributed by atoms with Crippen LogP contribution in [0.25, 0.3) is 0 Å². The molecule has 0 fully saturated rings. The van der Waals surface area contributed by atoms with E-state index in [0.29, 0.717) is 5.56 Å². The summed E-state index contributed by atoms with van der Waals surface area (Å²) in [6.45, 7) is 1.95. The number of benzene rings is 1. The van der Waals surface area contributed by atoms with Gasteiger partial charge in [0.25, 0.3) is 5.91 Å². The molecule has 0 spiro atoms. The first-order chi connectivity index (χ1) is 5.24. The molecular formula is C9H10NO. The van der Waals surface area contributed by atoms with Crippen LogP contribution in [0.1, 0.15) is 15.9 Å². The van der Waals surface area contributed by atoms with Crippen LogP contribution >= 0.6 is 0 Å². The SMILES string of the molecule is C[N]C(=O)c1cccc(C)c1. The van der Waals surface area contributed by atoms with Gasteiger partial charge in [0.1, 0.15) is 0 Å². The Morgan fingerprint density at radius 1 is 1.45 bits per heavy atom. The molecule has 0 aromatic heterocycles. The average Bonchev–Trinajstić information content (AvgIpc) is 2.03. The zero-order chi connectivity index (χ0) is 8.27. The number of amides is 1. The molecule has 0 saturated carbocycles. The molecule has 2 nitrogen and oxygen atoms in total. The van der Waals surface area contributed by atoms with Crippen molar-refractivity contribution in [2.45, 2.75) is 6.92 Å². The summed E-state index contributed by atoms with van der Waals surface area (Å²) in [6, 6.07) is 7.40. The summed E-state index contributed by atoms with van der Waals surface area (Å²) < 4.78 is 0. The lowest BCUT2D eigenvalue weighted by Crippen LogP contribution is -2.10. The van der Waals surface area contributed by atoms with Crippen LogP contribution in [0.4, 0.5) is 0 Å². The van der Waals surface area contributed by atoms with E-state index in [0.717, 1.165) is 5.56 Å². The number of hydrogen-bond donors (Lipinski definition) is 0. The maximum Gasteiger partial charge on any atom is 0.272 e. The van der Waals surface area contributed by atoms with Crippen LogP contribution < -0.4 is 5.32 Å². The first-order valence-corrected chi connectivity index (χ1v) is 3.45. The second-order valence-electron chi connectivity index (χ2n) is 2.40. The van der Waals surface area contributed by atoms with E-state index >= 15 is 0 Å². The smallest absolute Gasteiger partial charge is 0.267 e. The van der Waals surface area contributed by atoms with Crippen LogP contribution in [0, 0.1) is 6.92 Å². The highest BCUT2D eigenvalue weighted by Crippen LogP contribution is 2.03. The molecule has 0 aliphatic heterocycles. The zero-order valence-corrected chi connectivity index (χ0v) is 6.66. The largest absolute Gasteiger partial charge is 0.272 e. The molecule has 0 atom stereocenters. The van der Waals surface area contributed by atoms with Crippen molar-refractivity contribution in [2.75, 3.05) is 7.05 Å². The summed E-state index contributed by atoms with van der Waals surface area (Å²) in [7, 11) is 1.50. The van der Waals surface area contributed by atoms with E-state index in [1.54, 1.807) is 6.07 Å². The lowest BCUT2D eigenvalue weighted by Gasteiger charge is -1.97. The van der Waals surface area contributed by atoms with Crippen LogP contribution in [0.15, 0.2) is 24.3 Å². The Morgan fingerprint density at radius 2 is 2.18 bits per heavy atom. The van der Waals surface area contributed by atoms with Crippen molar-refractivity contribution in [1.82, 2.24) is 5.32 Å². The van der Waals surface area contributed by atoms with Crippen LogP contribution in [0.5, 0.6) is 0 Å². The van der Waals surface area contributed by atoms with E-state index in [-0.39, 0.29) is 5.91 Å². The van der Waals surface area contributed by atoms with Crippen molar-refractivity contribution in [3.63, 3.8) is 0 Å². The molecule has 0 N–H and O–H groups in total. The van der Waals surface area contributed by atoms with Crippen LogP contribution in [0.3, 0.4) is 0 Å². The normalized spacial score (nSPS) is 9.27. The van der Waals surface area contributed by atoms with Gasteiger partial charge in [0.2, 0.25) is 0 Å². The second kappa shape index (κ2) is 3.19. The number of carbonyl (C=O) groups is 1. The average molecular weight is 148 g/mol. The lowest BCUT2D eigenvalue weighted by atomic mass is 10.1. The highest BCUT2D eigenvalue weighted by Gasteiger charge is 2.01. The standard InChI is InChI=1S/C9H10NO/c1-7-4-3-5-8(6-7)9(11)10-2/h3-6H,1-2H3. The van der Waals surface area contributed by atoms with E-state index in [1.807, 2.05) is 25.1 Å². The molecule has 0 aliphatic rings. The van der Waals surface area contributed by atoms with Crippen LogP contribution in [0.2, 0.25) is 0 Å². The predicted molar refractivity (Wildman–Crippen MR) is 43.6 cm³/mol. The summed E-state index contributed by atoms with van der Waals surface area (Å²) in [6.07, 6.45) is 0. The van der Waals surface area contributed by atoms with Gasteiger partial charge in [-0.25, -0.2) is 0 Å². The molecular weight excluding hydrogens is 138 g/mol. The van der Waals surface area contributed by atoms with Gasteiger partial charge in [-0.1, -0.05) is 17.7 Å². The minimum absolute atomic E-state index is 0.159. The monoisotopic (exact) mass is 148 g/mol. The fraction of sp³-hybridized carbons (Fsp3) is 0.222. The van der Waals surface area contributed by atoms with E-state index in [2.05, 4.69) is 5.32 Å². The minimum atomic E-state index is -0.159. The molecule has 0 unspecified atom stereocenters. The lowest BCUT2D eigenvalue weighted by molar-refractivity contribution is 0.0959. The highest BCUT2D eigenvalue weighted by atomic mass is 16.1. The van der Waals surface area contributed by atoms with E-state index in [1.165, 1.54) is 7.05 Å². The van der Waals surface area contributed by atoms with Crippen molar-refractivity contribution in [3.05, 3.63) is 35.4 Å². The predicted octanol–water partition coefficient (Wildman–Crippen LogP) is 1.37. The molecule has 1 rings (SSSR count).